The van der Waals surface area contributed by atoms with E-state index in [9.17, 15) is 4.79 Å². The number of carbonyl (C=O) groups excluding carboxylic acids is 1. The molecule has 4 heteroatoms. The van der Waals surface area contributed by atoms with Crippen LogP contribution in [-0.4, -0.2) is 31.7 Å². The highest BCUT2D eigenvalue weighted by Gasteiger charge is 2.11. The van der Waals surface area contributed by atoms with Gasteiger partial charge in [0.25, 0.3) is 5.91 Å². The van der Waals surface area contributed by atoms with Crippen molar-refractivity contribution >= 4 is 11.6 Å². The summed E-state index contributed by atoms with van der Waals surface area (Å²) in [6, 6.07) is 7.66. The van der Waals surface area contributed by atoms with Crippen molar-refractivity contribution in [1.29, 1.82) is 0 Å². The van der Waals surface area contributed by atoms with Crippen molar-refractivity contribution in [2.75, 3.05) is 19.0 Å². The lowest BCUT2D eigenvalue weighted by molar-refractivity contribution is 0.0955. The van der Waals surface area contributed by atoms with Crippen LogP contribution in [0.1, 0.15) is 31.1 Å². The smallest absolute Gasteiger partial charge is 0.251 e. The second kappa shape index (κ2) is 7.01. The Bertz CT molecular complexity index is 376. The molecule has 0 bridgehead atoms. The number of rotatable bonds is 6. The van der Waals surface area contributed by atoms with E-state index in [1.54, 1.807) is 7.11 Å². The standard InChI is InChI=1S/C14H22N2O2/c1-5-15-14(17)12-6-8-13(9-7-12)16-10(2)11(3)18-4/h6-11,16H,5H2,1-4H3,(H,15,17). The average molecular weight is 250 g/mol. The maximum absolute atomic E-state index is 11.6. The summed E-state index contributed by atoms with van der Waals surface area (Å²) in [6.45, 7) is 6.62. The molecular weight excluding hydrogens is 228 g/mol. The number of hydrogen-bond acceptors (Lipinski definition) is 3. The maximum atomic E-state index is 11.6. The molecule has 18 heavy (non-hydrogen) atoms. The highest BCUT2D eigenvalue weighted by atomic mass is 16.5. The van der Waals surface area contributed by atoms with Gasteiger partial charge in [0, 0.05) is 30.9 Å². The molecule has 1 aromatic rings. The third-order valence-electron chi connectivity index (χ3n) is 2.95. The van der Waals surface area contributed by atoms with Gasteiger partial charge in [0.2, 0.25) is 0 Å². The zero-order chi connectivity index (χ0) is 13.5. The molecule has 2 N–H and O–H groups in total. The van der Waals surface area contributed by atoms with Crippen LogP contribution in [0.3, 0.4) is 0 Å². The molecule has 0 aromatic heterocycles. The van der Waals surface area contributed by atoms with Gasteiger partial charge in [0.05, 0.1) is 6.10 Å². The number of methoxy groups -OCH3 is 1. The van der Waals surface area contributed by atoms with Crippen LogP contribution in [0, 0.1) is 0 Å². The molecule has 2 atom stereocenters. The molecule has 100 valence electrons. The average Bonchev–Trinajstić information content (AvgIpc) is 2.38. The normalized spacial score (nSPS) is 13.8. The van der Waals surface area contributed by atoms with E-state index in [4.69, 9.17) is 4.74 Å². The highest BCUT2D eigenvalue weighted by Crippen LogP contribution is 2.12. The van der Waals surface area contributed by atoms with Gasteiger partial charge in [-0.2, -0.15) is 0 Å². The zero-order valence-corrected chi connectivity index (χ0v) is 11.5. The van der Waals surface area contributed by atoms with Crippen molar-refractivity contribution in [2.45, 2.75) is 32.9 Å². The van der Waals surface area contributed by atoms with Crippen LogP contribution in [-0.2, 0) is 4.74 Å². The number of nitrogens with one attached hydrogen (secondary N) is 2. The van der Waals surface area contributed by atoms with Gasteiger partial charge in [-0.05, 0) is 45.0 Å². The second-order valence-corrected chi connectivity index (χ2v) is 4.31. The summed E-state index contributed by atoms with van der Waals surface area (Å²) in [4.78, 5) is 11.6. The Hall–Kier alpha value is -1.55. The monoisotopic (exact) mass is 250 g/mol. The van der Waals surface area contributed by atoms with Gasteiger partial charge in [-0.3, -0.25) is 4.79 Å². The summed E-state index contributed by atoms with van der Waals surface area (Å²) in [6.07, 6.45) is 0.132. The Labute approximate surface area is 109 Å². The van der Waals surface area contributed by atoms with E-state index in [1.807, 2.05) is 38.1 Å². The minimum Gasteiger partial charge on any atom is -0.380 e. The molecule has 1 rings (SSSR count). The topological polar surface area (TPSA) is 50.4 Å². The van der Waals surface area contributed by atoms with Crippen molar-refractivity contribution < 1.29 is 9.53 Å². The minimum atomic E-state index is -0.0395. The Kier molecular flexibility index (Phi) is 5.65. The summed E-state index contributed by atoms with van der Waals surface area (Å²) in [5.74, 6) is -0.0395. The lowest BCUT2D eigenvalue weighted by Crippen LogP contribution is -2.29. The van der Waals surface area contributed by atoms with Gasteiger partial charge in [-0.15, -0.1) is 0 Å². The van der Waals surface area contributed by atoms with Crippen molar-refractivity contribution in [1.82, 2.24) is 5.32 Å². The third kappa shape index (κ3) is 4.04. The van der Waals surface area contributed by atoms with Crippen LogP contribution in [0.4, 0.5) is 5.69 Å². The SMILES string of the molecule is CCNC(=O)c1ccc(NC(C)C(C)OC)cc1. The summed E-state index contributed by atoms with van der Waals surface area (Å²) in [5, 5.41) is 6.10. The molecule has 0 radical (unpaired) electrons. The molecule has 0 saturated carbocycles. The summed E-state index contributed by atoms with van der Waals surface area (Å²) < 4.78 is 5.25. The van der Waals surface area contributed by atoms with E-state index in [2.05, 4.69) is 17.6 Å². The van der Waals surface area contributed by atoms with Crippen molar-refractivity contribution in [3.8, 4) is 0 Å². The summed E-state index contributed by atoms with van der Waals surface area (Å²) in [5.41, 5.74) is 1.66. The van der Waals surface area contributed by atoms with Gasteiger partial charge < -0.3 is 15.4 Å². The molecule has 0 aliphatic carbocycles. The first kappa shape index (κ1) is 14.5. The number of anilines is 1. The van der Waals surface area contributed by atoms with Crippen LogP contribution in [0.5, 0.6) is 0 Å². The molecule has 0 aliphatic heterocycles. The predicted octanol–water partition coefficient (Wildman–Crippen LogP) is 2.27. The first-order chi connectivity index (χ1) is 8.58. The molecule has 1 aromatic carbocycles. The van der Waals surface area contributed by atoms with E-state index >= 15 is 0 Å². The fraction of sp³-hybridized carbons (Fsp3) is 0.500. The van der Waals surface area contributed by atoms with Gasteiger partial charge in [-0.25, -0.2) is 0 Å². The quantitative estimate of drug-likeness (QED) is 0.814. The van der Waals surface area contributed by atoms with Crippen molar-refractivity contribution in [3.05, 3.63) is 29.8 Å². The number of carbonyl (C=O) groups is 1. The molecule has 0 fully saturated rings. The Morgan fingerprint density at radius 2 is 1.89 bits per heavy atom. The zero-order valence-electron chi connectivity index (χ0n) is 11.5. The molecule has 0 saturated heterocycles. The van der Waals surface area contributed by atoms with Gasteiger partial charge in [-0.1, -0.05) is 0 Å². The van der Waals surface area contributed by atoms with E-state index in [-0.39, 0.29) is 18.1 Å². The summed E-state index contributed by atoms with van der Waals surface area (Å²) in [7, 11) is 1.70. The van der Waals surface area contributed by atoms with Crippen molar-refractivity contribution in [2.24, 2.45) is 0 Å². The van der Waals surface area contributed by atoms with Gasteiger partial charge in [0.1, 0.15) is 0 Å². The molecule has 1 amide bonds. The number of hydrogen-bond donors (Lipinski definition) is 2. The lowest BCUT2D eigenvalue weighted by atomic mass is 10.1. The molecule has 0 aliphatic rings. The fourth-order valence-electron chi connectivity index (χ4n) is 1.56. The number of benzene rings is 1. The molecule has 4 nitrogen and oxygen atoms in total. The van der Waals surface area contributed by atoms with Gasteiger partial charge in [0.15, 0.2) is 0 Å². The first-order valence-corrected chi connectivity index (χ1v) is 6.26. The lowest BCUT2D eigenvalue weighted by Gasteiger charge is -2.21. The molecule has 0 heterocycles. The summed E-state index contributed by atoms with van der Waals surface area (Å²) >= 11 is 0. The van der Waals surface area contributed by atoms with E-state index in [0.717, 1.165) is 5.69 Å². The first-order valence-electron chi connectivity index (χ1n) is 6.26. The highest BCUT2D eigenvalue weighted by molar-refractivity contribution is 5.94. The van der Waals surface area contributed by atoms with E-state index in [0.29, 0.717) is 12.1 Å². The minimum absolute atomic E-state index is 0.0395. The molecular formula is C14H22N2O2. The van der Waals surface area contributed by atoms with Crippen LogP contribution >= 0.6 is 0 Å². The third-order valence-corrected chi connectivity index (χ3v) is 2.95. The van der Waals surface area contributed by atoms with Gasteiger partial charge >= 0.3 is 0 Å². The van der Waals surface area contributed by atoms with Crippen molar-refractivity contribution in [3.63, 3.8) is 0 Å². The second-order valence-electron chi connectivity index (χ2n) is 4.31. The fourth-order valence-corrected chi connectivity index (χ4v) is 1.56. The van der Waals surface area contributed by atoms with Crippen LogP contribution < -0.4 is 10.6 Å². The van der Waals surface area contributed by atoms with E-state index in [1.165, 1.54) is 0 Å². The van der Waals surface area contributed by atoms with E-state index < -0.39 is 0 Å². The Morgan fingerprint density at radius 3 is 2.39 bits per heavy atom. The Morgan fingerprint density at radius 1 is 1.28 bits per heavy atom. The van der Waals surface area contributed by atoms with Crippen LogP contribution in [0.15, 0.2) is 24.3 Å². The Balaban J connectivity index is 2.63. The maximum Gasteiger partial charge on any atom is 0.251 e. The van der Waals surface area contributed by atoms with Crippen LogP contribution in [0.25, 0.3) is 0 Å². The number of amides is 1. The molecule has 0 spiro atoms. The predicted molar refractivity (Wildman–Crippen MR) is 74.0 cm³/mol. The van der Waals surface area contributed by atoms with Crippen LogP contribution in [0.2, 0.25) is 0 Å². The molecule has 2 unspecified atom stereocenters. The number of ether oxygens (including phenoxy) is 1. The largest absolute Gasteiger partial charge is 0.380 e.